The summed E-state index contributed by atoms with van der Waals surface area (Å²) in [5.41, 5.74) is 4.94. The molecule has 1 aliphatic rings. The first-order chi connectivity index (χ1) is 17.5. The van der Waals surface area contributed by atoms with E-state index in [2.05, 4.69) is 0 Å². The molecule has 0 unspecified atom stereocenters. The Labute approximate surface area is 208 Å². The fourth-order valence-electron chi connectivity index (χ4n) is 4.48. The molecule has 0 atom stereocenters. The molecule has 0 aliphatic heterocycles. The molecule has 36 heavy (non-hydrogen) atoms. The van der Waals surface area contributed by atoms with Crippen LogP contribution in [-0.2, 0) is 24.2 Å². The minimum absolute atomic E-state index is 0.307. The summed E-state index contributed by atoms with van der Waals surface area (Å²) >= 11 is 0. The molecule has 0 spiro atoms. The Bertz CT molecular complexity index is 1530. The predicted molar refractivity (Wildman–Crippen MR) is 138 cm³/mol. The number of methoxy groups -OCH3 is 1. The molecule has 0 radical (unpaired) electrons. The zero-order valence-corrected chi connectivity index (χ0v) is 20.2. The highest BCUT2D eigenvalue weighted by Gasteiger charge is 2.20. The second kappa shape index (κ2) is 10.1. The largest absolute Gasteiger partial charge is 0.493 e. The molecule has 0 fully saturated rings. The maximum absolute atomic E-state index is 12.4. The number of hydrogen-bond acceptors (Lipinski definition) is 6. The van der Waals surface area contributed by atoms with E-state index in [0.29, 0.717) is 29.4 Å². The highest BCUT2D eigenvalue weighted by Crippen LogP contribution is 2.31. The van der Waals surface area contributed by atoms with Crippen LogP contribution < -0.4 is 19.8 Å². The van der Waals surface area contributed by atoms with Crippen LogP contribution in [-0.4, -0.2) is 13.1 Å². The fraction of sp³-hybridized carbons (Fsp3) is 0.200. The van der Waals surface area contributed by atoms with Crippen molar-refractivity contribution < 1.29 is 23.4 Å². The number of carbonyl (C=O) groups is 1. The van der Waals surface area contributed by atoms with Crippen LogP contribution >= 0.6 is 0 Å². The molecule has 1 aromatic heterocycles. The number of ether oxygens (including phenoxy) is 3. The molecule has 0 saturated carbocycles. The molecule has 4 aromatic rings. The van der Waals surface area contributed by atoms with Gasteiger partial charge in [-0.25, -0.2) is 9.59 Å². The summed E-state index contributed by atoms with van der Waals surface area (Å²) in [6.45, 7) is 2.47. The normalized spacial score (nSPS) is 12.6. The minimum Gasteiger partial charge on any atom is -0.493 e. The van der Waals surface area contributed by atoms with Crippen molar-refractivity contribution in [3.8, 4) is 17.2 Å². The number of fused-ring (bicyclic) bond motifs is 3. The Kier molecular flexibility index (Phi) is 6.58. The van der Waals surface area contributed by atoms with Crippen molar-refractivity contribution in [3.63, 3.8) is 0 Å². The minimum atomic E-state index is -0.545. The third-order valence-electron chi connectivity index (χ3n) is 6.41. The first kappa shape index (κ1) is 23.4. The van der Waals surface area contributed by atoms with Gasteiger partial charge in [0.25, 0.3) is 0 Å². The van der Waals surface area contributed by atoms with Gasteiger partial charge in [0.2, 0.25) is 0 Å². The summed E-state index contributed by atoms with van der Waals surface area (Å²) in [7, 11) is 1.57. The molecule has 182 valence electrons. The van der Waals surface area contributed by atoms with Gasteiger partial charge in [-0.2, -0.15) is 0 Å². The Morgan fingerprint density at radius 1 is 1.00 bits per heavy atom. The quantitative estimate of drug-likeness (QED) is 0.144. The summed E-state index contributed by atoms with van der Waals surface area (Å²) in [6.07, 6.45) is 5.54. The topological polar surface area (TPSA) is 75.0 Å². The lowest BCUT2D eigenvalue weighted by atomic mass is 10.1. The lowest BCUT2D eigenvalue weighted by Gasteiger charge is -2.12. The van der Waals surface area contributed by atoms with Gasteiger partial charge in [0.1, 0.15) is 17.9 Å². The van der Waals surface area contributed by atoms with Gasteiger partial charge in [-0.15, -0.1) is 0 Å². The van der Waals surface area contributed by atoms with E-state index in [-0.39, 0.29) is 5.63 Å². The van der Waals surface area contributed by atoms with Gasteiger partial charge in [0.05, 0.1) is 7.11 Å². The first-order valence-electron chi connectivity index (χ1n) is 11.9. The number of esters is 1. The maximum Gasteiger partial charge on any atom is 0.339 e. The van der Waals surface area contributed by atoms with E-state index in [4.69, 9.17) is 18.6 Å². The first-order valence-corrected chi connectivity index (χ1v) is 11.9. The van der Waals surface area contributed by atoms with Crippen molar-refractivity contribution in [2.45, 2.75) is 32.8 Å². The molecule has 3 aromatic carbocycles. The Morgan fingerprint density at radius 2 is 1.83 bits per heavy atom. The zero-order valence-electron chi connectivity index (χ0n) is 20.2. The number of rotatable bonds is 7. The maximum atomic E-state index is 12.4. The number of hydrogen-bond donors (Lipinski definition) is 0. The Hall–Kier alpha value is -4.32. The van der Waals surface area contributed by atoms with Gasteiger partial charge < -0.3 is 18.6 Å². The molecular formula is C30H26O6. The summed E-state index contributed by atoms with van der Waals surface area (Å²) in [4.78, 5) is 24.6. The second-order valence-electron chi connectivity index (χ2n) is 8.74. The van der Waals surface area contributed by atoms with Gasteiger partial charge in [-0.1, -0.05) is 30.3 Å². The Balaban J connectivity index is 1.26. The lowest BCUT2D eigenvalue weighted by molar-refractivity contribution is -0.128. The standard InChI is InChI=1S/C30H26O6/c1-19-6-3-4-7-21(19)18-34-26-14-10-20(16-28(26)33-2)11-15-29(31)35-22-12-13-24-23-8-5-9-25(23)30(32)36-27(24)17-22/h3-4,6-7,10-17H,5,8-9,18H2,1-2H3/b15-11+. The van der Waals surface area contributed by atoms with E-state index >= 15 is 0 Å². The van der Waals surface area contributed by atoms with E-state index in [1.54, 1.807) is 31.4 Å². The number of carbonyl (C=O) groups excluding carboxylic acids is 1. The highest BCUT2D eigenvalue weighted by molar-refractivity contribution is 5.90. The van der Waals surface area contributed by atoms with Gasteiger partial charge in [-0.3, -0.25) is 0 Å². The van der Waals surface area contributed by atoms with Crippen LogP contribution in [0.3, 0.4) is 0 Å². The van der Waals surface area contributed by atoms with Crippen LogP contribution in [0.5, 0.6) is 17.2 Å². The monoisotopic (exact) mass is 482 g/mol. The van der Waals surface area contributed by atoms with Gasteiger partial charge in [-0.05, 0) is 78.8 Å². The van der Waals surface area contributed by atoms with Crippen molar-refractivity contribution in [1.29, 1.82) is 0 Å². The molecule has 0 N–H and O–H groups in total. The molecule has 1 aliphatic carbocycles. The molecule has 0 amide bonds. The zero-order chi connectivity index (χ0) is 25.1. The van der Waals surface area contributed by atoms with Crippen LogP contribution in [0.25, 0.3) is 17.0 Å². The van der Waals surface area contributed by atoms with E-state index in [9.17, 15) is 9.59 Å². The van der Waals surface area contributed by atoms with Crippen LogP contribution in [0.1, 0.15) is 34.2 Å². The fourth-order valence-corrected chi connectivity index (χ4v) is 4.48. The predicted octanol–water partition coefficient (Wildman–Crippen LogP) is 5.80. The van der Waals surface area contributed by atoms with Crippen LogP contribution in [0.4, 0.5) is 0 Å². The van der Waals surface area contributed by atoms with Gasteiger partial charge in [0.15, 0.2) is 11.5 Å². The van der Waals surface area contributed by atoms with Crippen molar-refractivity contribution in [2.24, 2.45) is 0 Å². The highest BCUT2D eigenvalue weighted by atomic mass is 16.5. The second-order valence-corrected chi connectivity index (χ2v) is 8.74. The van der Waals surface area contributed by atoms with Crippen molar-refractivity contribution >= 4 is 23.0 Å². The number of aryl methyl sites for hydroxylation is 2. The van der Waals surface area contributed by atoms with Crippen LogP contribution in [0.2, 0.25) is 0 Å². The summed E-state index contributed by atoms with van der Waals surface area (Å²) in [6, 6.07) is 18.6. The van der Waals surface area contributed by atoms with Gasteiger partial charge in [0, 0.05) is 23.1 Å². The van der Waals surface area contributed by atoms with E-state index in [1.807, 2.05) is 49.4 Å². The van der Waals surface area contributed by atoms with Crippen molar-refractivity contribution in [2.75, 3.05) is 7.11 Å². The molecule has 5 rings (SSSR count). The molecule has 0 saturated heterocycles. The molecule has 1 heterocycles. The Morgan fingerprint density at radius 3 is 2.67 bits per heavy atom. The number of benzene rings is 3. The smallest absolute Gasteiger partial charge is 0.339 e. The van der Waals surface area contributed by atoms with Crippen molar-refractivity contribution in [1.82, 2.24) is 0 Å². The summed E-state index contributed by atoms with van der Waals surface area (Å²) < 4.78 is 22.3. The van der Waals surface area contributed by atoms with Gasteiger partial charge >= 0.3 is 11.6 Å². The molecular weight excluding hydrogens is 456 g/mol. The molecule has 0 bridgehead atoms. The average Bonchev–Trinajstić information content (AvgIpc) is 3.38. The SMILES string of the molecule is COc1cc(/C=C/C(=O)Oc2ccc3c4c(c(=O)oc3c2)CCC4)ccc1OCc1ccccc1C. The average molecular weight is 483 g/mol. The van der Waals surface area contributed by atoms with E-state index < -0.39 is 5.97 Å². The van der Waals surface area contributed by atoms with Crippen LogP contribution in [0, 0.1) is 6.92 Å². The lowest BCUT2D eigenvalue weighted by Crippen LogP contribution is -2.07. The van der Waals surface area contributed by atoms with Crippen LogP contribution in [0.15, 0.2) is 76.0 Å². The summed E-state index contributed by atoms with van der Waals surface area (Å²) in [5, 5.41) is 0.897. The molecule has 6 nitrogen and oxygen atoms in total. The summed E-state index contributed by atoms with van der Waals surface area (Å²) in [5.74, 6) is 0.952. The van der Waals surface area contributed by atoms with E-state index in [0.717, 1.165) is 52.5 Å². The molecule has 6 heteroatoms. The third kappa shape index (κ3) is 4.89. The van der Waals surface area contributed by atoms with E-state index in [1.165, 1.54) is 6.08 Å². The third-order valence-corrected chi connectivity index (χ3v) is 6.41. The van der Waals surface area contributed by atoms with Crippen molar-refractivity contribution in [3.05, 3.63) is 105 Å².